The van der Waals surface area contributed by atoms with Gasteiger partial charge in [0.2, 0.25) is 0 Å². The molecule has 0 heterocycles. The maximum atomic E-state index is 12.4. The van der Waals surface area contributed by atoms with Crippen LogP contribution in [-0.2, 0) is 9.59 Å². The number of hydrogen-bond donors (Lipinski definition) is 2. The number of aliphatic carboxylic acids is 1. The molecule has 0 aliphatic carbocycles. The van der Waals surface area contributed by atoms with Crippen molar-refractivity contribution in [2.45, 2.75) is 45.8 Å². The van der Waals surface area contributed by atoms with Crippen molar-refractivity contribution in [3.63, 3.8) is 0 Å². The largest absolute Gasteiger partial charge is 0.481 e. The number of halogens is 1. The van der Waals surface area contributed by atoms with Crippen LogP contribution in [0.3, 0.4) is 0 Å². The van der Waals surface area contributed by atoms with Crippen LogP contribution < -0.4 is 10.1 Å². The Morgan fingerprint density at radius 1 is 1.39 bits per heavy atom. The maximum Gasteiger partial charge on any atom is 0.328 e. The molecule has 1 atom stereocenters. The Bertz CT molecular complexity index is 590. The Morgan fingerprint density at radius 3 is 2.57 bits per heavy atom. The van der Waals surface area contributed by atoms with Crippen LogP contribution in [0.15, 0.2) is 30.4 Å². The van der Waals surface area contributed by atoms with Crippen molar-refractivity contribution >= 4 is 23.5 Å². The molecule has 5 nitrogen and oxygen atoms in total. The summed E-state index contributed by atoms with van der Waals surface area (Å²) in [6, 6.07) is 5.26. The molecule has 1 aromatic carbocycles. The molecule has 1 amide bonds. The topological polar surface area (TPSA) is 75.6 Å². The van der Waals surface area contributed by atoms with Gasteiger partial charge in [0.05, 0.1) is 5.54 Å². The van der Waals surface area contributed by atoms with Crippen molar-refractivity contribution in [2.75, 3.05) is 0 Å². The summed E-state index contributed by atoms with van der Waals surface area (Å²) in [5.74, 6) is -0.855. The first-order valence-corrected chi connectivity index (χ1v) is 7.69. The highest BCUT2D eigenvalue weighted by atomic mass is 35.5. The van der Waals surface area contributed by atoms with E-state index in [1.165, 1.54) is 6.08 Å². The molecule has 23 heavy (non-hydrogen) atoms. The molecule has 2 N–H and O–H groups in total. The number of ether oxygens (including phenoxy) is 1. The Balaban J connectivity index is 2.80. The smallest absolute Gasteiger partial charge is 0.328 e. The lowest BCUT2D eigenvalue weighted by Crippen LogP contribution is -2.48. The van der Waals surface area contributed by atoms with Gasteiger partial charge in [-0.15, -0.1) is 0 Å². The van der Waals surface area contributed by atoms with Crippen molar-refractivity contribution in [3.05, 3.63) is 40.9 Å². The second-order valence-corrected chi connectivity index (χ2v) is 6.30. The molecule has 0 radical (unpaired) electrons. The minimum Gasteiger partial charge on any atom is -0.481 e. The quantitative estimate of drug-likeness (QED) is 0.747. The summed E-state index contributed by atoms with van der Waals surface area (Å²) in [7, 11) is 0. The highest BCUT2D eigenvalue weighted by Gasteiger charge is 2.24. The second-order valence-electron chi connectivity index (χ2n) is 5.86. The van der Waals surface area contributed by atoms with E-state index in [-0.39, 0.29) is 5.91 Å². The van der Waals surface area contributed by atoms with Gasteiger partial charge in [-0.2, -0.15) is 0 Å². The summed E-state index contributed by atoms with van der Waals surface area (Å²) in [5.41, 5.74) is 0.142. The van der Waals surface area contributed by atoms with Crippen LogP contribution in [-0.4, -0.2) is 28.6 Å². The highest BCUT2D eigenvalue weighted by Crippen LogP contribution is 2.22. The lowest BCUT2D eigenvalue weighted by atomic mass is 10.0. The zero-order valence-electron chi connectivity index (χ0n) is 13.7. The fourth-order valence-corrected chi connectivity index (χ4v) is 2.26. The first-order valence-electron chi connectivity index (χ1n) is 7.31. The van der Waals surface area contributed by atoms with Crippen LogP contribution in [0.25, 0.3) is 0 Å². The van der Waals surface area contributed by atoms with Gasteiger partial charge in [-0.3, -0.25) is 4.79 Å². The number of nitrogens with one attached hydrogen (secondary N) is 1. The number of carbonyl (C=O) groups is 2. The first kappa shape index (κ1) is 19.0. The average molecular weight is 340 g/mol. The van der Waals surface area contributed by atoms with Crippen molar-refractivity contribution in [2.24, 2.45) is 0 Å². The number of hydrogen-bond acceptors (Lipinski definition) is 3. The van der Waals surface area contributed by atoms with E-state index in [4.69, 9.17) is 21.4 Å². The molecule has 0 aromatic heterocycles. The van der Waals surface area contributed by atoms with Gasteiger partial charge in [0.1, 0.15) is 5.75 Å². The number of carbonyl (C=O) groups excluding carboxylic acids is 1. The van der Waals surface area contributed by atoms with E-state index in [0.29, 0.717) is 17.2 Å². The molecule has 0 aliphatic rings. The standard InChI is InChI=1S/C17H22ClNO4/c1-5-14(23-13-9-11(2)8-12(18)10-13)16(22)19-17(3,4)7-6-15(20)21/h6-10,14H,5H2,1-4H3,(H,19,22)(H,20,21)/b7-6+. The minimum atomic E-state index is -1.06. The lowest BCUT2D eigenvalue weighted by molar-refractivity contribution is -0.132. The third-order valence-corrected chi connectivity index (χ3v) is 3.26. The Hall–Kier alpha value is -2.01. The number of carboxylic acids is 1. The molecule has 1 unspecified atom stereocenters. The predicted molar refractivity (Wildman–Crippen MR) is 89.9 cm³/mol. The van der Waals surface area contributed by atoms with Gasteiger partial charge in [0, 0.05) is 11.1 Å². The van der Waals surface area contributed by atoms with E-state index in [1.54, 1.807) is 32.0 Å². The summed E-state index contributed by atoms with van der Waals surface area (Å²) in [6.45, 7) is 7.14. The fraction of sp³-hybridized carbons (Fsp3) is 0.412. The van der Waals surface area contributed by atoms with E-state index in [0.717, 1.165) is 11.6 Å². The fourth-order valence-electron chi connectivity index (χ4n) is 1.98. The van der Waals surface area contributed by atoms with E-state index in [1.807, 2.05) is 13.8 Å². The summed E-state index contributed by atoms with van der Waals surface area (Å²) >= 11 is 5.99. The van der Waals surface area contributed by atoms with Crippen molar-refractivity contribution < 1.29 is 19.4 Å². The van der Waals surface area contributed by atoms with Crippen molar-refractivity contribution in [3.8, 4) is 5.75 Å². The normalized spacial score (nSPS) is 12.9. The van der Waals surface area contributed by atoms with Crippen LogP contribution in [0.2, 0.25) is 5.02 Å². The van der Waals surface area contributed by atoms with Crippen LogP contribution in [0, 0.1) is 6.92 Å². The van der Waals surface area contributed by atoms with Gasteiger partial charge < -0.3 is 15.2 Å². The van der Waals surface area contributed by atoms with E-state index >= 15 is 0 Å². The van der Waals surface area contributed by atoms with Gasteiger partial charge in [-0.1, -0.05) is 24.6 Å². The molecule has 1 rings (SSSR count). The molecular formula is C17H22ClNO4. The van der Waals surface area contributed by atoms with Gasteiger partial charge in [0.15, 0.2) is 6.10 Å². The molecule has 0 saturated heterocycles. The molecule has 0 spiro atoms. The number of carboxylic acid groups (broad SMARTS) is 1. The molecule has 0 bridgehead atoms. The number of aryl methyl sites for hydroxylation is 1. The summed E-state index contributed by atoms with van der Waals surface area (Å²) < 4.78 is 5.72. The van der Waals surface area contributed by atoms with Crippen LogP contribution in [0.4, 0.5) is 0 Å². The third kappa shape index (κ3) is 6.74. The monoisotopic (exact) mass is 339 g/mol. The first-order chi connectivity index (χ1) is 10.6. The van der Waals surface area contributed by atoms with Gasteiger partial charge in [-0.25, -0.2) is 4.79 Å². The SMILES string of the molecule is CCC(Oc1cc(C)cc(Cl)c1)C(=O)NC(C)(C)/C=C/C(=O)O. The van der Waals surface area contributed by atoms with E-state index in [9.17, 15) is 9.59 Å². The zero-order chi connectivity index (χ0) is 17.6. The zero-order valence-corrected chi connectivity index (χ0v) is 14.5. The van der Waals surface area contributed by atoms with Crippen LogP contribution in [0.1, 0.15) is 32.8 Å². The van der Waals surface area contributed by atoms with Crippen molar-refractivity contribution in [1.29, 1.82) is 0 Å². The molecule has 0 fully saturated rings. The number of benzene rings is 1. The maximum absolute atomic E-state index is 12.4. The Labute approximate surface area is 141 Å². The summed E-state index contributed by atoms with van der Waals surface area (Å²) in [6.07, 6.45) is 2.20. The summed E-state index contributed by atoms with van der Waals surface area (Å²) in [5, 5.41) is 12.0. The van der Waals surface area contributed by atoms with Crippen molar-refractivity contribution in [1.82, 2.24) is 5.32 Å². The Kier molecular flexibility index (Phi) is 6.63. The molecule has 0 aliphatic heterocycles. The van der Waals surface area contributed by atoms with Gasteiger partial charge in [0.25, 0.3) is 5.91 Å². The van der Waals surface area contributed by atoms with Gasteiger partial charge in [-0.05, 0) is 51.0 Å². The van der Waals surface area contributed by atoms with E-state index < -0.39 is 17.6 Å². The average Bonchev–Trinajstić information content (AvgIpc) is 2.41. The molecule has 1 aromatic rings. The second kappa shape index (κ2) is 8.02. The minimum absolute atomic E-state index is 0.315. The summed E-state index contributed by atoms with van der Waals surface area (Å²) in [4.78, 5) is 22.9. The van der Waals surface area contributed by atoms with Gasteiger partial charge >= 0.3 is 5.97 Å². The highest BCUT2D eigenvalue weighted by molar-refractivity contribution is 6.30. The molecule has 6 heteroatoms. The van der Waals surface area contributed by atoms with Crippen LogP contribution in [0.5, 0.6) is 5.75 Å². The van der Waals surface area contributed by atoms with E-state index in [2.05, 4.69) is 5.32 Å². The molecular weight excluding hydrogens is 318 g/mol. The third-order valence-electron chi connectivity index (χ3n) is 3.05. The van der Waals surface area contributed by atoms with Crippen LogP contribution >= 0.6 is 11.6 Å². The number of rotatable bonds is 7. The molecule has 126 valence electrons. The number of amides is 1. The predicted octanol–water partition coefficient (Wildman–Crippen LogP) is 3.34. The molecule has 0 saturated carbocycles. The Morgan fingerprint density at radius 2 is 2.04 bits per heavy atom. The lowest BCUT2D eigenvalue weighted by Gasteiger charge is -2.26.